The number of para-hydroxylation sites is 1. The van der Waals surface area contributed by atoms with Gasteiger partial charge in [0.1, 0.15) is 0 Å². The van der Waals surface area contributed by atoms with Gasteiger partial charge in [0.15, 0.2) is 0 Å². The first-order valence-electron chi connectivity index (χ1n) is 8.70. The number of carbonyl (C=O) groups is 3. The van der Waals surface area contributed by atoms with Crippen LogP contribution in [0, 0.1) is 11.8 Å². The van der Waals surface area contributed by atoms with Gasteiger partial charge in [0, 0.05) is 11.4 Å². The molecule has 1 aliphatic carbocycles. The molecule has 3 atom stereocenters. The molecule has 1 aliphatic rings. The van der Waals surface area contributed by atoms with Gasteiger partial charge in [0.2, 0.25) is 5.91 Å². The number of hydrogen-bond acceptors (Lipinski definition) is 3. The molecule has 3 rings (SSSR count). The summed E-state index contributed by atoms with van der Waals surface area (Å²) in [7, 11) is 0. The highest BCUT2D eigenvalue weighted by atomic mass is 16.4. The van der Waals surface area contributed by atoms with Crippen LogP contribution >= 0.6 is 0 Å². The summed E-state index contributed by atoms with van der Waals surface area (Å²) in [6.45, 7) is 1.83. The molecule has 140 valence electrons. The van der Waals surface area contributed by atoms with Crippen molar-refractivity contribution >= 4 is 29.3 Å². The van der Waals surface area contributed by atoms with Crippen molar-refractivity contribution in [2.75, 3.05) is 10.6 Å². The maximum absolute atomic E-state index is 12.1. The number of nitrogens with one attached hydrogen (secondary N) is 3. The number of carboxylic acid groups (broad SMARTS) is 1. The molecule has 0 saturated heterocycles. The molecule has 0 spiro atoms. The van der Waals surface area contributed by atoms with Crippen molar-refractivity contribution in [3.05, 3.63) is 60.2 Å². The molecule has 1 fully saturated rings. The van der Waals surface area contributed by atoms with Gasteiger partial charge >= 0.3 is 12.0 Å². The van der Waals surface area contributed by atoms with Crippen molar-refractivity contribution in [1.29, 1.82) is 0 Å². The van der Waals surface area contributed by atoms with E-state index >= 15 is 0 Å². The molecule has 27 heavy (non-hydrogen) atoms. The molecule has 2 aromatic rings. The van der Waals surface area contributed by atoms with Gasteiger partial charge in [0.25, 0.3) is 0 Å². The Kier molecular flexibility index (Phi) is 5.40. The summed E-state index contributed by atoms with van der Waals surface area (Å²) in [5.74, 6) is -2.16. The van der Waals surface area contributed by atoms with E-state index in [9.17, 15) is 14.4 Å². The van der Waals surface area contributed by atoms with Gasteiger partial charge in [-0.1, -0.05) is 30.3 Å². The summed E-state index contributed by atoms with van der Waals surface area (Å²) in [5, 5.41) is 17.2. The van der Waals surface area contributed by atoms with Crippen molar-refractivity contribution in [3.63, 3.8) is 0 Å². The third-order valence-corrected chi connectivity index (χ3v) is 4.50. The smallest absolute Gasteiger partial charge is 0.323 e. The topological polar surface area (TPSA) is 108 Å². The van der Waals surface area contributed by atoms with E-state index in [0.717, 1.165) is 5.56 Å². The van der Waals surface area contributed by atoms with E-state index in [1.807, 2.05) is 37.3 Å². The zero-order valence-electron chi connectivity index (χ0n) is 14.8. The van der Waals surface area contributed by atoms with E-state index in [1.54, 1.807) is 24.3 Å². The van der Waals surface area contributed by atoms with Crippen molar-refractivity contribution in [3.8, 4) is 0 Å². The number of aliphatic carboxylic acids is 1. The molecule has 3 unspecified atom stereocenters. The number of anilines is 2. The van der Waals surface area contributed by atoms with Crippen LogP contribution in [0.5, 0.6) is 0 Å². The molecule has 0 bridgehead atoms. The Bertz CT molecular complexity index is 836. The standard InChI is InChI=1S/C20H21N3O4/c1-12(21-18(24)16-11-17(16)19(25)26)13-7-9-15(10-8-13)23-20(27)22-14-5-3-2-4-6-14/h2-10,12,16-17H,11H2,1H3,(H,21,24)(H,25,26)(H2,22,23,27). The second-order valence-electron chi connectivity index (χ2n) is 6.58. The van der Waals surface area contributed by atoms with Gasteiger partial charge in [-0.15, -0.1) is 0 Å². The molecule has 0 aliphatic heterocycles. The molecule has 3 amide bonds. The van der Waals surface area contributed by atoms with Crippen molar-refractivity contribution < 1.29 is 19.5 Å². The zero-order valence-corrected chi connectivity index (χ0v) is 14.8. The number of urea groups is 1. The lowest BCUT2D eigenvalue weighted by Crippen LogP contribution is -2.29. The molecule has 0 aromatic heterocycles. The lowest BCUT2D eigenvalue weighted by Gasteiger charge is -2.15. The minimum absolute atomic E-state index is 0.237. The van der Waals surface area contributed by atoms with Crippen molar-refractivity contribution in [2.24, 2.45) is 11.8 Å². The molecular formula is C20H21N3O4. The predicted octanol–water partition coefficient (Wildman–Crippen LogP) is 3.23. The molecule has 0 radical (unpaired) electrons. The van der Waals surface area contributed by atoms with Crippen LogP contribution in [0.2, 0.25) is 0 Å². The average molecular weight is 367 g/mol. The third kappa shape index (κ3) is 4.84. The zero-order chi connectivity index (χ0) is 19.4. The number of benzene rings is 2. The Morgan fingerprint density at radius 1 is 0.926 bits per heavy atom. The Hall–Kier alpha value is -3.35. The maximum Gasteiger partial charge on any atom is 0.323 e. The third-order valence-electron chi connectivity index (χ3n) is 4.50. The van der Waals surface area contributed by atoms with Crippen LogP contribution in [0.4, 0.5) is 16.2 Å². The quantitative estimate of drug-likeness (QED) is 0.629. The van der Waals surface area contributed by atoms with Gasteiger partial charge in [0.05, 0.1) is 17.9 Å². The Morgan fingerprint density at radius 3 is 2.07 bits per heavy atom. The van der Waals surface area contributed by atoms with Gasteiger partial charge in [-0.25, -0.2) is 4.79 Å². The molecule has 7 nitrogen and oxygen atoms in total. The number of carboxylic acids is 1. The maximum atomic E-state index is 12.1. The molecule has 1 saturated carbocycles. The summed E-state index contributed by atoms with van der Waals surface area (Å²) in [6, 6.07) is 15.6. The fourth-order valence-electron chi connectivity index (χ4n) is 2.83. The summed E-state index contributed by atoms with van der Waals surface area (Å²) < 4.78 is 0. The number of rotatable bonds is 6. The second kappa shape index (κ2) is 7.90. The molecule has 0 heterocycles. The molecular weight excluding hydrogens is 346 g/mol. The summed E-state index contributed by atoms with van der Waals surface area (Å²) >= 11 is 0. The van der Waals surface area contributed by atoms with Crippen LogP contribution in [-0.2, 0) is 9.59 Å². The Morgan fingerprint density at radius 2 is 1.52 bits per heavy atom. The number of hydrogen-bond donors (Lipinski definition) is 4. The summed E-state index contributed by atoms with van der Waals surface area (Å²) in [5.41, 5.74) is 2.19. The SMILES string of the molecule is CC(NC(=O)C1CC1C(=O)O)c1ccc(NC(=O)Nc2ccccc2)cc1. The first-order chi connectivity index (χ1) is 12.9. The first kappa shape index (κ1) is 18.4. The highest BCUT2D eigenvalue weighted by Gasteiger charge is 2.48. The van der Waals surface area contributed by atoms with Crippen molar-refractivity contribution in [1.82, 2.24) is 5.32 Å². The minimum Gasteiger partial charge on any atom is -0.481 e. The normalized spacial score (nSPS) is 18.9. The molecule has 4 N–H and O–H groups in total. The van der Waals surface area contributed by atoms with Gasteiger partial charge in [-0.3, -0.25) is 9.59 Å². The summed E-state index contributed by atoms with van der Waals surface area (Å²) in [4.78, 5) is 34.9. The van der Waals surface area contributed by atoms with Crippen LogP contribution in [0.3, 0.4) is 0 Å². The monoisotopic (exact) mass is 367 g/mol. The predicted molar refractivity (Wildman–Crippen MR) is 101 cm³/mol. The van der Waals surface area contributed by atoms with E-state index in [2.05, 4.69) is 16.0 Å². The van der Waals surface area contributed by atoms with Gasteiger partial charge < -0.3 is 21.1 Å². The van der Waals surface area contributed by atoms with E-state index in [0.29, 0.717) is 17.8 Å². The van der Waals surface area contributed by atoms with Crippen molar-refractivity contribution in [2.45, 2.75) is 19.4 Å². The fraction of sp³-hybridized carbons (Fsp3) is 0.250. The lowest BCUT2D eigenvalue weighted by molar-refractivity contribution is -0.140. The van der Waals surface area contributed by atoms with E-state index < -0.39 is 17.8 Å². The highest BCUT2D eigenvalue weighted by Crippen LogP contribution is 2.39. The average Bonchev–Trinajstić information content (AvgIpc) is 3.44. The van der Waals surface area contributed by atoms with Crippen LogP contribution < -0.4 is 16.0 Å². The van der Waals surface area contributed by atoms with Crippen LogP contribution in [0.15, 0.2) is 54.6 Å². The first-order valence-corrected chi connectivity index (χ1v) is 8.70. The molecule has 2 aromatic carbocycles. The summed E-state index contributed by atoms with van der Waals surface area (Å²) in [6.07, 6.45) is 0.396. The van der Waals surface area contributed by atoms with E-state index in [4.69, 9.17) is 5.11 Å². The van der Waals surface area contributed by atoms with E-state index in [-0.39, 0.29) is 18.0 Å². The minimum atomic E-state index is -0.924. The van der Waals surface area contributed by atoms with E-state index in [1.165, 1.54) is 0 Å². The fourth-order valence-corrected chi connectivity index (χ4v) is 2.83. The Balaban J connectivity index is 1.51. The second-order valence-corrected chi connectivity index (χ2v) is 6.58. The van der Waals surface area contributed by atoms with Crippen LogP contribution in [-0.4, -0.2) is 23.0 Å². The molecule has 7 heteroatoms. The highest BCUT2D eigenvalue weighted by molar-refractivity contribution is 5.99. The number of amides is 3. The van der Waals surface area contributed by atoms with Gasteiger partial charge in [-0.2, -0.15) is 0 Å². The largest absolute Gasteiger partial charge is 0.481 e. The van der Waals surface area contributed by atoms with Gasteiger partial charge in [-0.05, 0) is 43.2 Å². The Labute approximate surface area is 156 Å². The van der Waals surface area contributed by atoms with Crippen LogP contribution in [0.1, 0.15) is 24.9 Å². The lowest BCUT2D eigenvalue weighted by atomic mass is 10.1. The van der Waals surface area contributed by atoms with Crippen LogP contribution in [0.25, 0.3) is 0 Å². The number of carbonyl (C=O) groups excluding carboxylic acids is 2.